The molecule has 0 aromatic carbocycles. The third-order valence-electron chi connectivity index (χ3n) is 4.98. The van der Waals surface area contributed by atoms with Crippen molar-refractivity contribution in [3.8, 4) is 0 Å². The lowest BCUT2D eigenvalue weighted by Gasteiger charge is -2.23. The number of nitrogens with zero attached hydrogens (tertiary/aromatic N) is 1. The van der Waals surface area contributed by atoms with E-state index >= 15 is 0 Å². The number of nitrogens with one attached hydrogen (secondary N) is 1. The maximum atomic E-state index is 3.84. The minimum Gasteiger partial charge on any atom is -0.312 e. The Morgan fingerprint density at radius 3 is 2.65 bits per heavy atom. The summed E-state index contributed by atoms with van der Waals surface area (Å²) in [5.74, 6) is 1.01. The second kappa shape index (κ2) is 6.75. The summed E-state index contributed by atoms with van der Waals surface area (Å²) in [5.41, 5.74) is 0. The zero-order valence-corrected chi connectivity index (χ0v) is 11.8. The minimum absolute atomic E-state index is 0.806. The molecule has 100 valence electrons. The van der Waals surface area contributed by atoms with Crippen molar-refractivity contribution in [3.63, 3.8) is 0 Å². The highest BCUT2D eigenvalue weighted by atomic mass is 15.2. The molecule has 2 fully saturated rings. The molecular weight excluding hydrogens is 208 g/mol. The van der Waals surface area contributed by atoms with Crippen LogP contribution in [-0.4, -0.2) is 37.1 Å². The first-order chi connectivity index (χ1) is 8.29. The van der Waals surface area contributed by atoms with Crippen LogP contribution in [0.4, 0.5) is 0 Å². The van der Waals surface area contributed by atoms with Crippen LogP contribution in [0.1, 0.15) is 58.3 Å². The zero-order chi connectivity index (χ0) is 12.1. The fourth-order valence-corrected chi connectivity index (χ4v) is 3.53. The minimum atomic E-state index is 0.806. The van der Waals surface area contributed by atoms with Gasteiger partial charge in [0, 0.05) is 18.6 Å². The summed E-state index contributed by atoms with van der Waals surface area (Å²) in [6.45, 7) is 4.87. The van der Waals surface area contributed by atoms with Crippen molar-refractivity contribution in [3.05, 3.63) is 0 Å². The lowest BCUT2D eigenvalue weighted by Crippen LogP contribution is -2.40. The summed E-state index contributed by atoms with van der Waals surface area (Å²) >= 11 is 0. The molecule has 3 unspecified atom stereocenters. The topological polar surface area (TPSA) is 15.3 Å². The molecule has 2 heteroatoms. The van der Waals surface area contributed by atoms with E-state index < -0.39 is 0 Å². The molecule has 1 aliphatic carbocycles. The molecule has 0 radical (unpaired) electrons. The average Bonchev–Trinajstić information content (AvgIpc) is 2.63. The second-order valence-corrected chi connectivity index (χ2v) is 6.16. The maximum absolute atomic E-state index is 3.84. The molecule has 17 heavy (non-hydrogen) atoms. The van der Waals surface area contributed by atoms with E-state index in [9.17, 15) is 0 Å². The molecule has 0 aromatic rings. The highest BCUT2D eigenvalue weighted by molar-refractivity contribution is 4.81. The standard InChI is InChI=1S/C15H30N2/c1-3-13-6-4-7-14(10-9-13)16-12-15-8-5-11-17(15)2/h13-16H,3-12H2,1-2H3. The normalized spacial score (nSPS) is 36.0. The van der Waals surface area contributed by atoms with Crippen molar-refractivity contribution in [2.75, 3.05) is 20.1 Å². The molecule has 0 bridgehead atoms. The van der Waals surface area contributed by atoms with E-state index in [4.69, 9.17) is 0 Å². The summed E-state index contributed by atoms with van der Waals surface area (Å²) in [7, 11) is 2.28. The van der Waals surface area contributed by atoms with Crippen molar-refractivity contribution < 1.29 is 0 Å². The van der Waals surface area contributed by atoms with Crippen LogP contribution in [0.2, 0.25) is 0 Å². The smallest absolute Gasteiger partial charge is 0.0218 e. The Morgan fingerprint density at radius 1 is 1.06 bits per heavy atom. The largest absolute Gasteiger partial charge is 0.312 e. The van der Waals surface area contributed by atoms with Crippen molar-refractivity contribution in [1.82, 2.24) is 10.2 Å². The summed E-state index contributed by atoms with van der Waals surface area (Å²) in [5, 5.41) is 3.84. The Bertz CT molecular complexity index is 217. The van der Waals surface area contributed by atoms with E-state index in [-0.39, 0.29) is 0 Å². The number of likely N-dealkylation sites (N-methyl/N-ethyl adjacent to an activating group) is 1. The van der Waals surface area contributed by atoms with Gasteiger partial charge in [0.1, 0.15) is 0 Å². The van der Waals surface area contributed by atoms with Gasteiger partial charge >= 0.3 is 0 Å². The molecule has 2 rings (SSSR count). The molecule has 3 atom stereocenters. The van der Waals surface area contributed by atoms with Gasteiger partial charge in [0.25, 0.3) is 0 Å². The lowest BCUT2D eigenvalue weighted by molar-refractivity contribution is 0.285. The summed E-state index contributed by atoms with van der Waals surface area (Å²) < 4.78 is 0. The van der Waals surface area contributed by atoms with Gasteiger partial charge in [-0.3, -0.25) is 0 Å². The van der Waals surface area contributed by atoms with Crippen LogP contribution < -0.4 is 5.32 Å². The van der Waals surface area contributed by atoms with E-state index in [1.54, 1.807) is 0 Å². The van der Waals surface area contributed by atoms with Gasteiger partial charge in [0.15, 0.2) is 0 Å². The summed E-state index contributed by atoms with van der Waals surface area (Å²) in [4.78, 5) is 2.53. The van der Waals surface area contributed by atoms with Gasteiger partial charge in [-0.05, 0) is 51.6 Å². The molecule has 0 amide bonds. The van der Waals surface area contributed by atoms with E-state index in [0.29, 0.717) is 0 Å². The van der Waals surface area contributed by atoms with E-state index in [0.717, 1.165) is 18.0 Å². The first kappa shape index (κ1) is 13.4. The molecule has 1 aliphatic heterocycles. The number of rotatable bonds is 4. The fraction of sp³-hybridized carbons (Fsp3) is 1.00. The van der Waals surface area contributed by atoms with Gasteiger partial charge in [-0.1, -0.05) is 26.2 Å². The lowest BCUT2D eigenvalue weighted by atomic mass is 9.98. The third-order valence-corrected chi connectivity index (χ3v) is 4.98. The van der Waals surface area contributed by atoms with Gasteiger partial charge in [-0.2, -0.15) is 0 Å². The molecule has 0 spiro atoms. The van der Waals surface area contributed by atoms with Crippen molar-refractivity contribution >= 4 is 0 Å². The predicted molar refractivity (Wildman–Crippen MR) is 74.3 cm³/mol. The maximum Gasteiger partial charge on any atom is 0.0218 e. The zero-order valence-electron chi connectivity index (χ0n) is 11.8. The van der Waals surface area contributed by atoms with Gasteiger partial charge < -0.3 is 10.2 Å². The first-order valence-corrected chi connectivity index (χ1v) is 7.73. The van der Waals surface area contributed by atoms with E-state index in [1.807, 2.05) is 0 Å². The van der Waals surface area contributed by atoms with Crippen LogP contribution >= 0.6 is 0 Å². The predicted octanol–water partition coefficient (Wildman–Crippen LogP) is 3.03. The second-order valence-electron chi connectivity index (χ2n) is 6.16. The SMILES string of the molecule is CCC1CCCC(NCC2CCCN2C)CC1. The first-order valence-electron chi connectivity index (χ1n) is 7.73. The molecule has 1 heterocycles. The Hall–Kier alpha value is -0.0800. The highest BCUT2D eigenvalue weighted by Crippen LogP contribution is 2.25. The average molecular weight is 238 g/mol. The molecular formula is C15H30N2. The summed E-state index contributed by atoms with van der Waals surface area (Å²) in [6.07, 6.45) is 11.4. The number of hydrogen-bond acceptors (Lipinski definition) is 2. The molecule has 1 saturated carbocycles. The van der Waals surface area contributed by atoms with Crippen molar-refractivity contribution in [2.45, 2.75) is 70.4 Å². The highest BCUT2D eigenvalue weighted by Gasteiger charge is 2.23. The van der Waals surface area contributed by atoms with E-state index in [1.165, 1.54) is 64.5 Å². The van der Waals surface area contributed by atoms with Crippen LogP contribution in [0, 0.1) is 5.92 Å². The Kier molecular flexibility index (Phi) is 5.30. The van der Waals surface area contributed by atoms with Crippen LogP contribution in [-0.2, 0) is 0 Å². The molecule has 2 nitrogen and oxygen atoms in total. The van der Waals surface area contributed by atoms with Crippen LogP contribution in [0.15, 0.2) is 0 Å². The van der Waals surface area contributed by atoms with Crippen LogP contribution in [0.5, 0.6) is 0 Å². The van der Waals surface area contributed by atoms with Crippen LogP contribution in [0.25, 0.3) is 0 Å². The van der Waals surface area contributed by atoms with Gasteiger partial charge in [-0.25, -0.2) is 0 Å². The van der Waals surface area contributed by atoms with Gasteiger partial charge in [-0.15, -0.1) is 0 Å². The molecule has 2 aliphatic rings. The van der Waals surface area contributed by atoms with Crippen molar-refractivity contribution in [2.24, 2.45) is 5.92 Å². The Balaban J connectivity index is 1.68. The Labute approximate surface area is 107 Å². The van der Waals surface area contributed by atoms with Crippen LogP contribution in [0.3, 0.4) is 0 Å². The molecule has 1 N–H and O–H groups in total. The van der Waals surface area contributed by atoms with Gasteiger partial charge in [0.2, 0.25) is 0 Å². The van der Waals surface area contributed by atoms with Crippen molar-refractivity contribution in [1.29, 1.82) is 0 Å². The summed E-state index contributed by atoms with van der Waals surface area (Å²) in [6, 6.07) is 1.61. The Morgan fingerprint density at radius 2 is 1.94 bits per heavy atom. The quantitative estimate of drug-likeness (QED) is 0.757. The van der Waals surface area contributed by atoms with E-state index in [2.05, 4.69) is 24.2 Å². The molecule has 0 aromatic heterocycles. The number of likely N-dealkylation sites (tertiary alicyclic amines) is 1. The third kappa shape index (κ3) is 3.96. The van der Waals surface area contributed by atoms with Gasteiger partial charge in [0.05, 0.1) is 0 Å². The molecule has 1 saturated heterocycles. The number of hydrogen-bond donors (Lipinski definition) is 1. The monoisotopic (exact) mass is 238 g/mol. The fourth-order valence-electron chi connectivity index (χ4n) is 3.53.